The van der Waals surface area contributed by atoms with E-state index >= 15 is 0 Å². The molecule has 1 aliphatic heterocycles. The number of aromatic nitrogens is 3. The van der Waals surface area contributed by atoms with Crippen LogP contribution in [0.4, 0.5) is 10.1 Å². The van der Waals surface area contributed by atoms with Crippen LogP contribution in [0, 0.1) is 26.6 Å². The number of benzene rings is 2. The van der Waals surface area contributed by atoms with Crippen molar-refractivity contribution in [3.05, 3.63) is 88.0 Å². The van der Waals surface area contributed by atoms with Gasteiger partial charge in [0, 0.05) is 29.4 Å². The van der Waals surface area contributed by atoms with Crippen molar-refractivity contribution in [2.45, 2.75) is 38.8 Å². The van der Waals surface area contributed by atoms with Gasteiger partial charge in [-0.3, -0.25) is 9.78 Å². The Morgan fingerprint density at radius 1 is 1.08 bits per heavy atom. The molecular formula is C28H25FN4O3S. The molecule has 7 nitrogen and oxygen atoms in total. The summed E-state index contributed by atoms with van der Waals surface area (Å²) < 4.78 is 20.8. The molecule has 2 aromatic heterocycles. The topological polar surface area (TPSA) is 97.2 Å². The summed E-state index contributed by atoms with van der Waals surface area (Å²) in [7, 11) is 0. The van der Waals surface area contributed by atoms with Crippen LogP contribution < -0.4 is 10.1 Å². The zero-order valence-corrected chi connectivity index (χ0v) is 21.4. The number of halogens is 1. The first-order valence-corrected chi connectivity index (χ1v) is 12.7. The first-order valence-electron chi connectivity index (χ1n) is 11.8. The maximum atomic E-state index is 14.6. The fourth-order valence-corrected chi connectivity index (χ4v) is 5.12. The highest BCUT2D eigenvalue weighted by atomic mass is 32.2. The first kappa shape index (κ1) is 24.9. The summed E-state index contributed by atoms with van der Waals surface area (Å²) in [4.78, 5) is 26.4. The summed E-state index contributed by atoms with van der Waals surface area (Å²) in [5.41, 5.74) is 5.76. The molecule has 3 heterocycles. The van der Waals surface area contributed by atoms with Gasteiger partial charge in [0.25, 0.3) is 0 Å². The molecule has 9 heteroatoms. The van der Waals surface area contributed by atoms with Gasteiger partial charge in [-0.05, 0) is 44.0 Å². The van der Waals surface area contributed by atoms with Crippen molar-refractivity contribution in [2.24, 2.45) is 0 Å². The number of aliphatic hydroxyl groups is 1. The number of para-hydroxylation sites is 1. The molecule has 0 saturated heterocycles. The molecule has 37 heavy (non-hydrogen) atoms. The highest BCUT2D eigenvalue weighted by Gasteiger charge is 2.28. The smallest absolute Gasteiger partial charge is 0.234 e. The number of thioether (sulfide) groups is 1. The number of hydrogen-bond donors (Lipinski definition) is 2. The normalized spacial score (nSPS) is 11.9. The van der Waals surface area contributed by atoms with Crippen molar-refractivity contribution in [3.63, 3.8) is 0 Å². The summed E-state index contributed by atoms with van der Waals surface area (Å²) in [6, 6.07) is 12.1. The van der Waals surface area contributed by atoms with E-state index < -0.39 is 5.82 Å². The molecule has 1 amide bonds. The quantitative estimate of drug-likeness (QED) is 0.226. The molecule has 2 N–H and O–H groups in total. The van der Waals surface area contributed by atoms with E-state index in [0.29, 0.717) is 39.9 Å². The largest absolute Gasteiger partial charge is 0.436 e. The number of fused-ring (bicyclic) bond motifs is 2. The highest BCUT2D eigenvalue weighted by molar-refractivity contribution is 8.00. The molecule has 0 atom stereocenters. The Morgan fingerprint density at radius 2 is 1.84 bits per heavy atom. The SMILES string of the molecule is Cc1cccc(C)c1NC(=O)CSc1nc(-c2ccccc2F)nc2c1Cc1c(CO)cnc(C)c1O2. The van der Waals surface area contributed by atoms with Crippen LogP contribution in [0.25, 0.3) is 11.4 Å². The van der Waals surface area contributed by atoms with Crippen molar-refractivity contribution in [2.75, 3.05) is 11.1 Å². The van der Waals surface area contributed by atoms with E-state index in [-0.39, 0.29) is 29.7 Å². The molecule has 0 saturated carbocycles. The Bertz CT molecular complexity index is 1510. The van der Waals surface area contributed by atoms with E-state index in [1.54, 1.807) is 24.4 Å². The third kappa shape index (κ3) is 4.92. The van der Waals surface area contributed by atoms with Crippen molar-refractivity contribution in [1.29, 1.82) is 0 Å². The third-order valence-electron chi connectivity index (χ3n) is 6.26. The molecule has 0 aliphatic carbocycles. The minimum atomic E-state index is -0.456. The highest BCUT2D eigenvalue weighted by Crippen LogP contribution is 2.42. The maximum Gasteiger partial charge on any atom is 0.234 e. The van der Waals surface area contributed by atoms with Crippen molar-refractivity contribution >= 4 is 23.4 Å². The molecular weight excluding hydrogens is 491 g/mol. The molecule has 0 fully saturated rings. The average molecular weight is 517 g/mol. The van der Waals surface area contributed by atoms with Gasteiger partial charge >= 0.3 is 0 Å². The number of nitrogens with one attached hydrogen (secondary N) is 1. The lowest BCUT2D eigenvalue weighted by Gasteiger charge is -2.24. The molecule has 0 radical (unpaired) electrons. The number of nitrogens with zero attached hydrogens (tertiary/aromatic N) is 3. The fourth-order valence-electron chi connectivity index (χ4n) is 4.30. The van der Waals surface area contributed by atoms with Crippen LogP contribution in [-0.2, 0) is 17.8 Å². The minimum absolute atomic E-state index is 0.0863. The van der Waals surface area contributed by atoms with Gasteiger partial charge in [-0.1, -0.05) is 42.1 Å². The van der Waals surface area contributed by atoms with Crippen LogP contribution in [0.5, 0.6) is 11.6 Å². The number of amides is 1. The molecule has 188 valence electrons. The summed E-state index contributed by atoms with van der Waals surface area (Å²) >= 11 is 1.24. The molecule has 0 unspecified atom stereocenters. The molecule has 0 spiro atoms. The molecule has 2 aromatic carbocycles. The van der Waals surface area contributed by atoms with Gasteiger partial charge in [0.05, 0.1) is 29.2 Å². The standard InChI is InChI=1S/C28H25FN4O3S/c1-15-7-6-8-16(2)24(15)31-23(35)14-37-28-21-11-20-18(13-34)12-30-17(3)25(20)36-27(21)32-26(33-28)19-9-4-5-10-22(19)29/h4-10,12,34H,11,13-14H2,1-3H3,(H,31,35). The number of aliphatic hydroxyl groups excluding tert-OH is 1. The van der Waals surface area contributed by atoms with E-state index in [2.05, 4.69) is 20.3 Å². The number of aryl methyl sites for hydroxylation is 3. The van der Waals surface area contributed by atoms with E-state index in [1.807, 2.05) is 39.0 Å². The Labute approximate surface area is 218 Å². The second kappa shape index (κ2) is 10.3. The molecule has 0 bridgehead atoms. The van der Waals surface area contributed by atoms with Crippen LogP contribution in [0.1, 0.15) is 33.5 Å². The van der Waals surface area contributed by atoms with Gasteiger partial charge < -0.3 is 15.2 Å². The predicted octanol–water partition coefficient (Wildman–Crippen LogP) is 5.52. The second-order valence-corrected chi connectivity index (χ2v) is 9.80. The number of rotatable bonds is 6. The first-order chi connectivity index (χ1) is 17.9. The minimum Gasteiger partial charge on any atom is -0.436 e. The lowest BCUT2D eigenvalue weighted by Crippen LogP contribution is -2.17. The Morgan fingerprint density at radius 3 is 2.57 bits per heavy atom. The number of pyridine rings is 1. The average Bonchev–Trinajstić information content (AvgIpc) is 2.89. The Kier molecular flexibility index (Phi) is 6.90. The summed E-state index contributed by atoms with van der Waals surface area (Å²) in [6.45, 7) is 5.52. The van der Waals surface area contributed by atoms with Crippen molar-refractivity contribution < 1.29 is 19.0 Å². The van der Waals surface area contributed by atoms with Gasteiger partial charge in [0.2, 0.25) is 11.8 Å². The van der Waals surface area contributed by atoms with Crippen molar-refractivity contribution in [1.82, 2.24) is 15.0 Å². The number of anilines is 1. The zero-order valence-electron chi connectivity index (χ0n) is 20.6. The third-order valence-corrected chi connectivity index (χ3v) is 7.28. The molecule has 1 aliphatic rings. The summed E-state index contributed by atoms with van der Waals surface area (Å²) in [5.74, 6) is 0.433. The maximum absolute atomic E-state index is 14.6. The molecule has 4 aromatic rings. The van der Waals surface area contributed by atoms with Crippen LogP contribution in [0.2, 0.25) is 0 Å². The number of carbonyl (C=O) groups excluding carboxylic acids is 1. The summed E-state index contributed by atoms with van der Waals surface area (Å²) in [6.07, 6.45) is 2.02. The lowest BCUT2D eigenvalue weighted by atomic mass is 9.99. The van der Waals surface area contributed by atoms with E-state index in [0.717, 1.165) is 22.4 Å². The zero-order chi connectivity index (χ0) is 26.1. The summed E-state index contributed by atoms with van der Waals surface area (Å²) in [5, 5.41) is 13.4. The second-order valence-electron chi connectivity index (χ2n) is 8.83. The number of ether oxygens (including phenoxy) is 1. The van der Waals surface area contributed by atoms with Crippen molar-refractivity contribution in [3.8, 4) is 23.0 Å². The van der Waals surface area contributed by atoms with Gasteiger partial charge in [-0.15, -0.1) is 0 Å². The lowest BCUT2D eigenvalue weighted by molar-refractivity contribution is -0.113. The van der Waals surface area contributed by atoms with E-state index in [4.69, 9.17) is 4.74 Å². The monoisotopic (exact) mass is 516 g/mol. The van der Waals surface area contributed by atoms with Crippen LogP contribution in [-0.4, -0.2) is 31.7 Å². The predicted molar refractivity (Wildman–Crippen MR) is 140 cm³/mol. The van der Waals surface area contributed by atoms with Crippen LogP contribution in [0.3, 0.4) is 0 Å². The molecule has 5 rings (SSSR count). The Hall–Kier alpha value is -3.82. The van der Waals surface area contributed by atoms with Gasteiger partial charge in [-0.2, -0.15) is 4.98 Å². The van der Waals surface area contributed by atoms with Gasteiger partial charge in [0.1, 0.15) is 10.8 Å². The fraction of sp³-hybridized carbons (Fsp3) is 0.214. The van der Waals surface area contributed by atoms with Crippen LogP contribution >= 0.6 is 11.8 Å². The van der Waals surface area contributed by atoms with Gasteiger partial charge in [-0.25, -0.2) is 9.37 Å². The van der Waals surface area contributed by atoms with Crippen LogP contribution in [0.15, 0.2) is 53.7 Å². The number of carbonyl (C=O) groups is 1. The van der Waals surface area contributed by atoms with Gasteiger partial charge in [0.15, 0.2) is 11.6 Å². The van der Waals surface area contributed by atoms with E-state index in [9.17, 15) is 14.3 Å². The van der Waals surface area contributed by atoms with E-state index in [1.165, 1.54) is 17.8 Å². The number of hydrogen-bond acceptors (Lipinski definition) is 7. The Balaban J connectivity index is 1.51.